The van der Waals surface area contributed by atoms with Crippen LogP contribution in [0.25, 0.3) is 11.4 Å². The van der Waals surface area contributed by atoms with Crippen LogP contribution in [0.4, 0.5) is 0 Å². The predicted molar refractivity (Wildman–Crippen MR) is 103 cm³/mol. The van der Waals surface area contributed by atoms with Gasteiger partial charge in [0.1, 0.15) is 5.75 Å². The highest BCUT2D eigenvalue weighted by molar-refractivity contribution is 7.99. The summed E-state index contributed by atoms with van der Waals surface area (Å²) < 4.78 is 13.0. The van der Waals surface area contributed by atoms with E-state index in [0.29, 0.717) is 25.3 Å². The van der Waals surface area contributed by atoms with Gasteiger partial charge in [-0.1, -0.05) is 11.8 Å². The molecule has 0 bridgehead atoms. The molecule has 0 amide bonds. The zero-order valence-electron chi connectivity index (χ0n) is 14.9. The highest BCUT2D eigenvalue weighted by Gasteiger charge is 2.14. The van der Waals surface area contributed by atoms with E-state index in [1.807, 2.05) is 16.7 Å². The molecule has 0 unspecified atom stereocenters. The number of hydrogen-bond donors (Lipinski definition) is 0. The minimum atomic E-state index is 0.526. The Hall–Kier alpha value is -2.89. The second kappa shape index (κ2) is 9.71. The van der Waals surface area contributed by atoms with E-state index in [0.717, 1.165) is 28.0 Å². The van der Waals surface area contributed by atoms with Crippen LogP contribution < -0.4 is 4.74 Å². The van der Waals surface area contributed by atoms with Crippen molar-refractivity contribution in [2.24, 2.45) is 0 Å². The summed E-state index contributed by atoms with van der Waals surface area (Å²) in [5.41, 5.74) is 1.58. The molecule has 138 valence electrons. The molecule has 2 aromatic heterocycles. The van der Waals surface area contributed by atoms with Gasteiger partial charge >= 0.3 is 0 Å². The lowest BCUT2D eigenvalue weighted by Gasteiger charge is -2.10. The zero-order chi connectivity index (χ0) is 18.9. The molecule has 8 heteroatoms. The smallest absolute Gasteiger partial charge is 0.191 e. The SMILES string of the molecule is COCCn1c(SCCOc2ccc(C#N)cc2)nnc1-c1ccncc1. The van der Waals surface area contributed by atoms with Crippen LogP contribution >= 0.6 is 11.8 Å². The van der Waals surface area contributed by atoms with Gasteiger partial charge < -0.3 is 9.47 Å². The molecule has 0 N–H and O–H groups in total. The van der Waals surface area contributed by atoms with E-state index in [9.17, 15) is 0 Å². The normalized spacial score (nSPS) is 10.5. The second-order valence-corrected chi connectivity index (χ2v) is 6.58. The van der Waals surface area contributed by atoms with Crippen LogP contribution in [0.1, 0.15) is 5.56 Å². The molecule has 0 aliphatic carbocycles. The number of hydrogen-bond acceptors (Lipinski definition) is 7. The van der Waals surface area contributed by atoms with E-state index >= 15 is 0 Å². The van der Waals surface area contributed by atoms with E-state index < -0.39 is 0 Å². The third-order valence-electron chi connectivity index (χ3n) is 3.74. The van der Waals surface area contributed by atoms with Gasteiger partial charge in [0, 0.05) is 30.8 Å². The van der Waals surface area contributed by atoms with E-state index in [1.54, 1.807) is 55.5 Å². The summed E-state index contributed by atoms with van der Waals surface area (Å²) in [5, 5.41) is 18.3. The number of ether oxygens (including phenoxy) is 2. The van der Waals surface area contributed by atoms with E-state index in [2.05, 4.69) is 21.3 Å². The Labute approximate surface area is 162 Å². The van der Waals surface area contributed by atoms with Gasteiger partial charge in [-0.3, -0.25) is 9.55 Å². The van der Waals surface area contributed by atoms with E-state index in [1.165, 1.54) is 0 Å². The van der Waals surface area contributed by atoms with Crippen molar-refractivity contribution >= 4 is 11.8 Å². The molecule has 3 aromatic rings. The summed E-state index contributed by atoms with van der Waals surface area (Å²) in [5.74, 6) is 2.26. The largest absolute Gasteiger partial charge is 0.493 e. The van der Waals surface area contributed by atoms with Gasteiger partial charge in [-0.25, -0.2) is 0 Å². The third-order valence-corrected chi connectivity index (χ3v) is 4.67. The Morgan fingerprint density at radius 1 is 1.07 bits per heavy atom. The Morgan fingerprint density at radius 3 is 2.56 bits per heavy atom. The molecule has 0 aliphatic heterocycles. The first-order chi connectivity index (χ1) is 13.3. The van der Waals surface area contributed by atoms with Crippen LogP contribution in [0.3, 0.4) is 0 Å². The highest BCUT2D eigenvalue weighted by atomic mass is 32.2. The van der Waals surface area contributed by atoms with Gasteiger partial charge in [0.2, 0.25) is 0 Å². The molecule has 3 rings (SSSR count). The van der Waals surface area contributed by atoms with Crippen LogP contribution in [0.15, 0.2) is 53.9 Å². The quantitative estimate of drug-likeness (QED) is 0.416. The summed E-state index contributed by atoms with van der Waals surface area (Å²) in [6, 6.07) is 13.0. The van der Waals surface area contributed by atoms with E-state index in [4.69, 9.17) is 14.7 Å². The molecule has 27 heavy (non-hydrogen) atoms. The van der Waals surface area contributed by atoms with Crippen LogP contribution in [-0.4, -0.2) is 45.8 Å². The summed E-state index contributed by atoms with van der Waals surface area (Å²) >= 11 is 1.58. The average Bonchev–Trinajstić information content (AvgIpc) is 3.13. The number of nitrogens with zero attached hydrogens (tertiary/aromatic N) is 5. The number of benzene rings is 1. The van der Waals surface area contributed by atoms with Crippen molar-refractivity contribution in [3.05, 3.63) is 54.4 Å². The fourth-order valence-electron chi connectivity index (χ4n) is 2.41. The average molecular weight is 381 g/mol. The predicted octanol–water partition coefficient (Wildman–Crippen LogP) is 3.03. The summed E-state index contributed by atoms with van der Waals surface area (Å²) in [6.45, 7) is 1.77. The second-order valence-electron chi connectivity index (χ2n) is 5.52. The van der Waals surface area contributed by atoms with Crippen LogP contribution in [-0.2, 0) is 11.3 Å². The first-order valence-electron chi connectivity index (χ1n) is 8.40. The van der Waals surface area contributed by atoms with Crippen molar-refractivity contribution in [3.63, 3.8) is 0 Å². The fraction of sp³-hybridized carbons (Fsp3) is 0.263. The first kappa shape index (κ1) is 18.9. The van der Waals surface area contributed by atoms with Gasteiger partial charge in [0.15, 0.2) is 11.0 Å². The Kier molecular flexibility index (Phi) is 6.79. The van der Waals surface area contributed by atoms with Gasteiger partial charge in [-0.05, 0) is 36.4 Å². The van der Waals surface area contributed by atoms with Crippen molar-refractivity contribution in [2.45, 2.75) is 11.7 Å². The molecule has 1 aromatic carbocycles. The number of nitriles is 1. The molecule has 0 radical (unpaired) electrons. The van der Waals surface area contributed by atoms with Crippen molar-refractivity contribution in [3.8, 4) is 23.2 Å². The summed E-state index contributed by atoms with van der Waals surface area (Å²) in [7, 11) is 1.68. The molecule has 0 fully saturated rings. The van der Waals surface area contributed by atoms with Gasteiger partial charge in [-0.2, -0.15) is 5.26 Å². The van der Waals surface area contributed by atoms with Crippen LogP contribution in [0, 0.1) is 11.3 Å². The molecule has 0 aliphatic rings. The molecule has 0 atom stereocenters. The van der Waals surface area contributed by atoms with Crippen LogP contribution in [0.5, 0.6) is 5.75 Å². The summed E-state index contributed by atoms with van der Waals surface area (Å²) in [6.07, 6.45) is 3.48. The fourth-order valence-corrected chi connectivity index (χ4v) is 3.19. The highest BCUT2D eigenvalue weighted by Crippen LogP contribution is 2.23. The monoisotopic (exact) mass is 381 g/mol. The van der Waals surface area contributed by atoms with Crippen molar-refractivity contribution in [2.75, 3.05) is 26.1 Å². The lowest BCUT2D eigenvalue weighted by atomic mass is 10.2. The standard InChI is InChI=1S/C19H19N5O2S/c1-25-11-10-24-18(16-6-8-21-9-7-16)22-23-19(24)27-13-12-26-17-4-2-15(14-20)3-5-17/h2-9H,10-13H2,1H3. The molecule has 7 nitrogen and oxygen atoms in total. The Bertz CT molecular complexity index is 891. The van der Waals surface area contributed by atoms with Gasteiger partial charge in [0.05, 0.1) is 31.4 Å². The zero-order valence-corrected chi connectivity index (χ0v) is 15.7. The third kappa shape index (κ3) is 5.06. The molecule has 0 spiro atoms. The van der Waals surface area contributed by atoms with Gasteiger partial charge in [-0.15, -0.1) is 10.2 Å². The lowest BCUT2D eigenvalue weighted by molar-refractivity contribution is 0.185. The maximum absolute atomic E-state index is 8.82. The number of methoxy groups -OCH3 is 1. The maximum Gasteiger partial charge on any atom is 0.191 e. The van der Waals surface area contributed by atoms with Gasteiger partial charge in [0.25, 0.3) is 0 Å². The van der Waals surface area contributed by atoms with E-state index in [-0.39, 0.29) is 0 Å². The minimum Gasteiger partial charge on any atom is -0.493 e. The maximum atomic E-state index is 8.82. The molecular weight excluding hydrogens is 362 g/mol. The number of rotatable bonds is 9. The first-order valence-corrected chi connectivity index (χ1v) is 9.38. The van der Waals surface area contributed by atoms with Crippen molar-refractivity contribution in [1.29, 1.82) is 5.26 Å². The Morgan fingerprint density at radius 2 is 1.85 bits per heavy atom. The molecular formula is C19H19N5O2S. The van der Waals surface area contributed by atoms with Crippen LogP contribution in [0.2, 0.25) is 0 Å². The molecule has 2 heterocycles. The number of thioether (sulfide) groups is 1. The molecule has 0 saturated heterocycles. The minimum absolute atomic E-state index is 0.526. The van der Waals surface area contributed by atoms with Crippen molar-refractivity contribution in [1.82, 2.24) is 19.7 Å². The lowest BCUT2D eigenvalue weighted by Crippen LogP contribution is -2.08. The van der Waals surface area contributed by atoms with Crippen molar-refractivity contribution < 1.29 is 9.47 Å². The Balaban J connectivity index is 1.62. The molecule has 0 saturated carbocycles. The number of aromatic nitrogens is 4. The summed E-state index contributed by atoms with van der Waals surface area (Å²) in [4.78, 5) is 4.05. The number of pyridine rings is 1. The topological polar surface area (TPSA) is 85.9 Å².